The number of carbonyl (C=O) groups excluding carboxylic acids is 2. The number of anilines is 2. The van der Waals surface area contributed by atoms with E-state index in [2.05, 4.69) is 20.6 Å². The van der Waals surface area contributed by atoms with Crippen LogP contribution in [0.1, 0.15) is 24.1 Å². The summed E-state index contributed by atoms with van der Waals surface area (Å²) in [6.07, 6.45) is 1.42. The number of fused-ring (bicyclic) bond motifs is 2. The molecule has 9 nitrogen and oxygen atoms in total. The largest absolute Gasteiger partial charge is 0.493 e. The minimum atomic E-state index is -0.654. The zero-order valence-electron chi connectivity index (χ0n) is 17.8. The highest BCUT2D eigenvalue weighted by molar-refractivity contribution is 6.07. The molecule has 3 aromatic rings. The Morgan fingerprint density at radius 1 is 1.12 bits per heavy atom. The van der Waals surface area contributed by atoms with Crippen molar-refractivity contribution in [1.29, 1.82) is 0 Å². The van der Waals surface area contributed by atoms with E-state index in [1.807, 2.05) is 0 Å². The van der Waals surface area contributed by atoms with Gasteiger partial charge in [0.15, 0.2) is 11.5 Å². The maximum Gasteiger partial charge on any atom is 0.238 e. The van der Waals surface area contributed by atoms with Crippen LogP contribution in [0.4, 0.5) is 11.4 Å². The number of nitrogens with one attached hydrogen (secondary N) is 2. The van der Waals surface area contributed by atoms with Gasteiger partial charge in [-0.3, -0.25) is 9.59 Å². The maximum absolute atomic E-state index is 12.9. The summed E-state index contributed by atoms with van der Waals surface area (Å²) in [5, 5.41) is 6.31. The molecule has 1 aliphatic rings. The van der Waals surface area contributed by atoms with Gasteiger partial charge in [-0.05, 0) is 29.8 Å². The summed E-state index contributed by atoms with van der Waals surface area (Å²) < 4.78 is 16.3. The molecule has 4 rings (SSSR count). The van der Waals surface area contributed by atoms with Crippen LogP contribution in [0.2, 0.25) is 0 Å². The van der Waals surface area contributed by atoms with Crippen molar-refractivity contribution in [1.82, 2.24) is 9.97 Å². The Bertz CT molecular complexity index is 1170. The lowest BCUT2D eigenvalue weighted by Crippen LogP contribution is -2.15. The highest BCUT2D eigenvalue weighted by Crippen LogP contribution is 2.41. The van der Waals surface area contributed by atoms with E-state index < -0.39 is 5.92 Å². The summed E-state index contributed by atoms with van der Waals surface area (Å²) in [5.74, 6) is -0.00765. The second-order valence-electron chi connectivity index (χ2n) is 7.03. The molecule has 1 unspecified atom stereocenters. The third-order valence-electron chi connectivity index (χ3n) is 4.97. The molecule has 1 aliphatic heterocycles. The van der Waals surface area contributed by atoms with Crippen molar-refractivity contribution in [2.75, 3.05) is 38.1 Å². The molecule has 32 heavy (non-hydrogen) atoms. The zero-order chi connectivity index (χ0) is 22.0. The van der Waals surface area contributed by atoms with Crippen LogP contribution in [0.25, 0.3) is 10.9 Å². The third-order valence-corrected chi connectivity index (χ3v) is 4.97. The van der Waals surface area contributed by atoms with Gasteiger partial charge >= 0.3 is 0 Å². The molecule has 0 bridgehead atoms. The van der Waals surface area contributed by atoms with Gasteiger partial charge in [0, 0.05) is 36.9 Å². The molecule has 10 heteroatoms. The van der Waals surface area contributed by atoms with Crippen LogP contribution >= 0.6 is 12.4 Å². The monoisotopic (exact) mass is 458 g/mol. The first-order valence-electron chi connectivity index (χ1n) is 9.68. The van der Waals surface area contributed by atoms with Gasteiger partial charge in [-0.1, -0.05) is 0 Å². The van der Waals surface area contributed by atoms with Gasteiger partial charge in [-0.2, -0.15) is 0 Å². The topological polar surface area (TPSA) is 112 Å². The number of hydrogen-bond donors (Lipinski definition) is 2. The molecular formula is C22H23ClN4O5. The van der Waals surface area contributed by atoms with Crippen molar-refractivity contribution < 1.29 is 23.8 Å². The van der Waals surface area contributed by atoms with E-state index in [1.165, 1.54) is 13.3 Å². The van der Waals surface area contributed by atoms with E-state index in [1.54, 1.807) is 44.6 Å². The molecule has 0 radical (unpaired) electrons. The Hall–Kier alpha value is -3.43. The van der Waals surface area contributed by atoms with Gasteiger partial charge in [-0.25, -0.2) is 9.97 Å². The Kier molecular flexibility index (Phi) is 7.12. The van der Waals surface area contributed by atoms with Gasteiger partial charge in [-0.15, -0.1) is 12.4 Å². The van der Waals surface area contributed by atoms with Crippen LogP contribution in [-0.2, 0) is 14.3 Å². The summed E-state index contributed by atoms with van der Waals surface area (Å²) in [6.45, 7) is 2.23. The van der Waals surface area contributed by atoms with E-state index in [4.69, 9.17) is 14.2 Å². The Balaban J connectivity index is 0.00000289. The molecule has 2 N–H and O–H groups in total. The predicted octanol–water partition coefficient (Wildman–Crippen LogP) is 3.13. The summed E-state index contributed by atoms with van der Waals surface area (Å²) in [7, 11) is 3.15. The molecule has 0 spiro atoms. The fraction of sp³-hybridized carbons (Fsp3) is 0.273. The SMILES string of the molecule is COCCOc1cc2ncnc(C3C(=O)Nc4ccc(NC(C)=O)cc43)c2cc1OC.Cl. The van der Waals surface area contributed by atoms with Crippen molar-refractivity contribution in [3.63, 3.8) is 0 Å². The first-order chi connectivity index (χ1) is 15.0. The molecule has 168 valence electrons. The molecule has 1 atom stereocenters. The Morgan fingerprint density at radius 2 is 1.94 bits per heavy atom. The Morgan fingerprint density at radius 3 is 2.66 bits per heavy atom. The van der Waals surface area contributed by atoms with E-state index in [9.17, 15) is 9.59 Å². The lowest BCUT2D eigenvalue weighted by molar-refractivity contribution is -0.116. The van der Waals surface area contributed by atoms with E-state index in [0.717, 1.165) is 5.56 Å². The van der Waals surface area contributed by atoms with E-state index >= 15 is 0 Å². The predicted molar refractivity (Wildman–Crippen MR) is 122 cm³/mol. The average molecular weight is 459 g/mol. The number of ether oxygens (including phenoxy) is 3. The number of halogens is 1. The second-order valence-corrected chi connectivity index (χ2v) is 7.03. The molecule has 2 aromatic carbocycles. The summed E-state index contributed by atoms with van der Waals surface area (Å²) in [6, 6.07) is 8.83. The average Bonchev–Trinajstić information content (AvgIpc) is 3.07. The number of amides is 2. The molecule has 1 aromatic heterocycles. The number of rotatable bonds is 7. The fourth-order valence-electron chi connectivity index (χ4n) is 3.64. The van der Waals surface area contributed by atoms with Crippen molar-refractivity contribution in [3.05, 3.63) is 47.9 Å². The first-order valence-corrected chi connectivity index (χ1v) is 9.68. The molecular weight excluding hydrogens is 436 g/mol. The number of nitrogens with zero attached hydrogens (tertiary/aromatic N) is 2. The van der Waals surface area contributed by atoms with Gasteiger partial charge in [0.25, 0.3) is 0 Å². The van der Waals surface area contributed by atoms with Crippen LogP contribution in [0.3, 0.4) is 0 Å². The molecule has 2 amide bonds. The summed E-state index contributed by atoms with van der Waals surface area (Å²) in [5.41, 5.74) is 3.19. The van der Waals surface area contributed by atoms with Crippen LogP contribution in [0, 0.1) is 0 Å². The fourth-order valence-corrected chi connectivity index (χ4v) is 3.64. The van der Waals surface area contributed by atoms with Crippen LogP contribution in [0.5, 0.6) is 11.5 Å². The lowest BCUT2D eigenvalue weighted by Gasteiger charge is -2.15. The van der Waals surface area contributed by atoms with Gasteiger partial charge in [0.05, 0.1) is 24.9 Å². The quantitative estimate of drug-likeness (QED) is 0.523. The summed E-state index contributed by atoms with van der Waals surface area (Å²) in [4.78, 5) is 33.1. The van der Waals surface area contributed by atoms with E-state index in [0.29, 0.717) is 52.7 Å². The smallest absolute Gasteiger partial charge is 0.238 e. The molecule has 0 saturated heterocycles. The lowest BCUT2D eigenvalue weighted by atomic mass is 9.93. The van der Waals surface area contributed by atoms with Crippen molar-refractivity contribution in [2.45, 2.75) is 12.8 Å². The van der Waals surface area contributed by atoms with Gasteiger partial charge in [0.1, 0.15) is 18.9 Å². The number of benzene rings is 2. The highest BCUT2D eigenvalue weighted by Gasteiger charge is 2.35. The third kappa shape index (κ3) is 4.44. The minimum Gasteiger partial charge on any atom is -0.493 e. The van der Waals surface area contributed by atoms with Crippen LogP contribution in [-0.4, -0.2) is 49.2 Å². The van der Waals surface area contributed by atoms with E-state index in [-0.39, 0.29) is 24.2 Å². The van der Waals surface area contributed by atoms with Crippen LogP contribution < -0.4 is 20.1 Å². The number of hydrogen-bond acceptors (Lipinski definition) is 7. The van der Waals surface area contributed by atoms with Crippen molar-refractivity contribution >= 4 is 46.5 Å². The highest BCUT2D eigenvalue weighted by atomic mass is 35.5. The van der Waals surface area contributed by atoms with Crippen molar-refractivity contribution in [3.8, 4) is 11.5 Å². The summed E-state index contributed by atoms with van der Waals surface area (Å²) >= 11 is 0. The maximum atomic E-state index is 12.9. The number of methoxy groups -OCH3 is 2. The Labute approximate surface area is 190 Å². The van der Waals surface area contributed by atoms with Gasteiger partial charge < -0.3 is 24.8 Å². The minimum absolute atomic E-state index is 0. The number of carbonyl (C=O) groups is 2. The second kappa shape index (κ2) is 9.80. The molecule has 2 heterocycles. The normalized spacial score (nSPS) is 14.3. The van der Waals surface area contributed by atoms with Crippen molar-refractivity contribution in [2.24, 2.45) is 0 Å². The molecule has 0 saturated carbocycles. The molecule has 0 fully saturated rings. The molecule has 0 aliphatic carbocycles. The van der Waals surface area contributed by atoms with Crippen LogP contribution in [0.15, 0.2) is 36.7 Å². The zero-order valence-corrected chi connectivity index (χ0v) is 18.6. The van der Waals surface area contributed by atoms with Gasteiger partial charge in [0.2, 0.25) is 11.8 Å². The standard InChI is InChI=1S/C22H22N4O5.ClH/c1-12(27)25-13-4-5-16-14(8-13)20(22(28)26-16)21-15-9-18(30-3)19(31-7-6-29-2)10-17(15)23-11-24-21;/h4-5,8-11,20H,6-7H2,1-3H3,(H,25,27)(H,26,28);1H. The first kappa shape index (κ1) is 23.2. The number of aromatic nitrogens is 2.